The number of rotatable bonds is 5. The standard InChI is InChI=1S/C16H26N2S/c1-16(2,3)10-6-8-13(18-17)15-11-12-7-4-5-9-14(12)19-15/h4-5,7,9,13,15,18H,6,8,10-11,17H2,1-3H3. The Morgan fingerprint density at radius 1 is 1.37 bits per heavy atom. The highest BCUT2D eigenvalue weighted by Gasteiger charge is 2.28. The van der Waals surface area contributed by atoms with E-state index in [2.05, 4.69) is 50.5 Å². The fraction of sp³-hybridized carbons (Fsp3) is 0.625. The maximum Gasteiger partial charge on any atom is 0.0336 e. The number of thioether (sulfide) groups is 1. The van der Waals surface area contributed by atoms with Gasteiger partial charge in [0.25, 0.3) is 0 Å². The van der Waals surface area contributed by atoms with Crippen molar-refractivity contribution in [3.05, 3.63) is 29.8 Å². The number of hydrogen-bond acceptors (Lipinski definition) is 3. The minimum Gasteiger partial charge on any atom is -0.271 e. The summed E-state index contributed by atoms with van der Waals surface area (Å²) in [5, 5.41) is 0.586. The van der Waals surface area contributed by atoms with Crippen LogP contribution in [0.2, 0.25) is 0 Å². The Bertz CT molecular complexity index is 386. The highest BCUT2D eigenvalue weighted by atomic mass is 32.2. The molecule has 1 heterocycles. The molecular weight excluding hydrogens is 252 g/mol. The smallest absolute Gasteiger partial charge is 0.0336 e. The van der Waals surface area contributed by atoms with Crippen molar-refractivity contribution in [3.63, 3.8) is 0 Å². The molecule has 0 spiro atoms. The lowest BCUT2D eigenvalue weighted by atomic mass is 9.88. The molecule has 2 nitrogen and oxygen atoms in total. The van der Waals surface area contributed by atoms with Crippen LogP contribution >= 0.6 is 11.8 Å². The van der Waals surface area contributed by atoms with Crippen LogP contribution in [0.15, 0.2) is 29.2 Å². The van der Waals surface area contributed by atoms with E-state index in [0.29, 0.717) is 16.7 Å². The summed E-state index contributed by atoms with van der Waals surface area (Å²) in [4.78, 5) is 1.43. The molecule has 2 unspecified atom stereocenters. The summed E-state index contributed by atoms with van der Waals surface area (Å²) in [7, 11) is 0. The van der Waals surface area contributed by atoms with Gasteiger partial charge in [-0.15, -0.1) is 11.8 Å². The van der Waals surface area contributed by atoms with Gasteiger partial charge in [-0.3, -0.25) is 11.3 Å². The van der Waals surface area contributed by atoms with Crippen LogP contribution in [0.5, 0.6) is 0 Å². The van der Waals surface area contributed by atoms with Crippen molar-refractivity contribution in [2.24, 2.45) is 11.3 Å². The predicted octanol–water partition coefficient (Wildman–Crippen LogP) is 3.75. The summed E-state index contributed by atoms with van der Waals surface area (Å²) in [6.07, 6.45) is 4.81. The number of nitrogens with two attached hydrogens (primary N) is 1. The molecule has 19 heavy (non-hydrogen) atoms. The van der Waals surface area contributed by atoms with Crippen molar-refractivity contribution in [1.29, 1.82) is 0 Å². The van der Waals surface area contributed by atoms with E-state index in [9.17, 15) is 0 Å². The molecule has 1 aromatic carbocycles. The Labute approximate surface area is 121 Å². The quantitative estimate of drug-likeness (QED) is 0.636. The van der Waals surface area contributed by atoms with Gasteiger partial charge in [-0.2, -0.15) is 0 Å². The maximum atomic E-state index is 5.77. The van der Waals surface area contributed by atoms with Crippen LogP contribution in [0, 0.1) is 5.41 Å². The number of benzene rings is 1. The summed E-state index contributed by atoms with van der Waals surface area (Å²) in [5.74, 6) is 5.77. The molecule has 0 saturated carbocycles. The van der Waals surface area contributed by atoms with Crippen LogP contribution in [0.3, 0.4) is 0 Å². The molecule has 0 bridgehead atoms. The molecule has 2 atom stereocenters. The molecule has 0 radical (unpaired) electrons. The third kappa shape index (κ3) is 4.23. The monoisotopic (exact) mass is 278 g/mol. The molecular formula is C16H26N2S. The van der Waals surface area contributed by atoms with Crippen molar-refractivity contribution in [2.45, 2.75) is 62.6 Å². The SMILES string of the molecule is CC(C)(C)CCCC(NN)C1Cc2ccccc2S1. The minimum absolute atomic E-state index is 0.416. The van der Waals surface area contributed by atoms with Crippen molar-refractivity contribution >= 4 is 11.8 Å². The van der Waals surface area contributed by atoms with Gasteiger partial charge in [-0.05, 0) is 36.3 Å². The Morgan fingerprint density at radius 3 is 2.74 bits per heavy atom. The predicted molar refractivity (Wildman–Crippen MR) is 84.2 cm³/mol. The Balaban J connectivity index is 1.87. The van der Waals surface area contributed by atoms with Crippen LogP contribution in [-0.2, 0) is 6.42 Å². The fourth-order valence-electron chi connectivity index (χ4n) is 2.66. The van der Waals surface area contributed by atoms with E-state index in [1.807, 2.05) is 11.8 Å². The topological polar surface area (TPSA) is 38.0 Å². The summed E-state index contributed by atoms with van der Waals surface area (Å²) < 4.78 is 0. The number of nitrogens with one attached hydrogen (secondary N) is 1. The molecule has 106 valence electrons. The first kappa shape index (κ1) is 14.9. The van der Waals surface area contributed by atoms with Gasteiger partial charge in [0, 0.05) is 16.2 Å². The number of hydrazine groups is 1. The van der Waals surface area contributed by atoms with E-state index in [4.69, 9.17) is 5.84 Å². The molecule has 0 amide bonds. The fourth-order valence-corrected chi connectivity index (χ4v) is 4.09. The lowest BCUT2D eigenvalue weighted by molar-refractivity contribution is 0.341. The summed E-state index contributed by atoms with van der Waals surface area (Å²) in [6, 6.07) is 9.14. The largest absolute Gasteiger partial charge is 0.271 e. The van der Waals surface area contributed by atoms with Crippen molar-refractivity contribution in [2.75, 3.05) is 0 Å². The average molecular weight is 278 g/mol. The Kier molecular flexibility index (Phi) is 4.93. The van der Waals surface area contributed by atoms with E-state index in [-0.39, 0.29) is 0 Å². The van der Waals surface area contributed by atoms with Crippen LogP contribution in [0.25, 0.3) is 0 Å². The van der Waals surface area contributed by atoms with Crippen LogP contribution in [0.4, 0.5) is 0 Å². The first-order valence-corrected chi connectivity index (χ1v) is 8.08. The van der Waals surface area contributed by atoms with E-state index in [0.717, 1.165) is 6.42 Å². The van der Waals surface area contributed by atoms with Crippen molar-refractivity contribution < 1.29 is 0 Å². The van der Waals surface area contributed by atoms with Gasteiger partial charge >= 0.3 is 0 Å². The van der Waals surface area contributed by atoms with Gasteiger partial charge in [0.2, 0.25) is 0 Å². The second-order valence-electron chi connectivity index (χ2n) is 6.69. The lowest BCUT2D eigenvalue weighted by Gasteiger charge is -2.24. The van der Waals surface area contributed by atoms with E-state index in [1.54, 1.807) is 0 Å². The Hall–Kier alpha value is -0.510. The maximum absolute atomic E-state index is 5.77. The molecule has 0 aromatic heterocycles. The van der Waals surface area contributed by atoms with E-state index >= 15 is 0 Å². The number of hydrogen-bond donors (Lipinski definition) is 2. The minimum atomic E-state index is 0.416. The van der Waals surface area contributed by atoms with Crippen LogP contribution in [0.1, 0.15) is 45.6 Å². The summed E-state index contributed by atoms with van der Waals surface area (Å²) >= 11 is 1.98. The molecule has 1 aliphatic heterocycles. The zero-order valence-electron chi connectivity index (χ0n) is 12.3. The second kappa shape index (κ2) is 6.29. The van der Waals surface area contributed by atoms with Gasteiger partial charge in [0.1, 0.15) is 0 Å². The lowest BCUT2D eigenvalue weighted by Crippen LogP contribution is -2.42. The first-order valence-electron chi connectivity index (χ1n) is 7.20. The first-order chi connectivity index (χ1) is 8.99. The van der Waals surface area contributed by atoms with E-state index < -0.39 is 0 Å². The molecule has 1 aromatic rings. The summed E-state index contributed by atoms with van der Waals surface area (Å²) in [5.41, 5.74) is 4.95. The molecule has 0 saturated heterocycles. The van der Waals surface area contributed by atoms with Crippen molar-refractivity contribution in [1.82, 2.24) is 5.43 Å². The van der Waals surface area contributed by atoms with Crippen molar-refractivity contribution in [3.8, 4) is 0 Å². The highest BCUT2D eigenvalue weighted by Crippen LogP contribution is 2.39. The van der Waals surface area contributed by atoms with Gasteiger partial charge in [-0.25, -0.2) is 0 Å². The van der Waals surface area contributed by atoms with Crippen LogP contribution in [-0.4, -0.2) is 11.3 Å². The molecule has 1 aliphatic rings. The van der Waals surface area contributed by atoms with Gasteiger partial charge in [-0.1, -0.05) is 45.4 Å². The molecule has 0 aliphatic carbocycles. The van der Waals surface area contributed by atoms with Gasteiger partial charge in [0.05, 0.1) is 0 Å². The zero-order chi connectivity index (χ0) is 13.9. The third-order valence-corrected chi connectivity index (χ3v) is 5.23. The molecule has 3 N–H and O–H groups in total. The third-order valence-electron chi connectivity index (χ3n) is 3.78. The second-order valence-corrected chi connectivity index (χ2v) is 7.98. The summed E-state index contributed by atoms with van der Waals surface area (Å²) in [6.45, 7) is 6.91. The number of fused-ring (bicyclic) bond motifs is 1. The van der Waals surface area contributed by atoms with Gasteiger partial charge in [0.15, 0.2) is 0 Å². The van der Waals surface area contributed by atoms with Crippen LogP contribution < -0.4 is 11.3 Å². The Morgan fingerprint density at radius 2 is 2.11 bits per heavy atom. The van der Waals surface area contributed by atoms with E-state index in [1.165, 1.54) is 29.7 Å². The molecule has 3 heteroatoms. The molecule has 2 rings (SSSR count). The zero-order valence-corrected chi connectivity index (χ0v) is 13.1. The van der Waals surface area contributed by atoms with Gasteiger partial charge < -0.3 is 0 Å². The average Bonchev–Trinajstić information content (AvgIpc) is 2.76. The highest BCUT2D eigenvalue weighted by molar-refractivity contribution is 8.00. The molecule has 0 fully saturated rings. The normalized spacial score (nSPS) is 20.3.